The van der Waals surface area contributed by atoms with Gasteiger partial charge in [0.05, 0.1) is 22.9 Å². The molecular formula is C24H22Cl2F2N4O3S. The number of aryl methyl sites for hydroxylation is 1. The van der Waals surface area contributed by atoms with Crippen LogP contribution in [0.25, 0.3) is 21.5 Å². The molecule has 1 fully saturated rings. The SMILES string of the molecule is Cc1onc(-c2ccccc2Cl)c1C(=O)N(CCN1CCOCC1)c1nc2c(F)cc(F)cc2s1.Cl. The third-order valence-corrected chi connectivity index (χ3v) is 7.18. The van der Waals surface area contributed by atoms with Gasteiger partial charge in [0.2, 0.25) is 0 Å². The third kappa shape index (κ3) is 5.23. The van der Waals surface area contributed by atoms with Crippen molar-refractivity contribution >= 4 is 56.6 Å². The summed E-state index contributed by atoms with van der Waals surface area (Å²) in [5.74, 6) is -1.57. The number of fused-ring (bicyclic) bond motifs is 1. The number of hydrogen-bond donors (Lipinski definition) is 0. The summed E-state index contributed by atoms with van der Waals surface area (Å²) < 4.78 is 39.3. The van der Waals surface area contributed by atoms with Gasteiger partial charge in [0.15, 0.2) is 10.9 Å². The van der Waals surface area contributed by atoms with E-state index >= 15 is 0 Å². The summed E-state index contributed by atoms with van der Waals surface area (Å²) in [4.78, 5) is 22.0. The largest absolute Gasteiger partial charge is 0.379 e. The quantitative estimate of drug-likeness (QED) is 0.309. The van der Waals surface area contributed by atoms with Crippen LogP contribution in [0, 0.1) is 18.6 Å². The van der Waals surface area contributed by atoms with Crippen LogP contribution in [0.1, 0.15) is 16.1 Å². The van der Waals surface area contributed by atoms with Gasteiger partial charge >= 0.3 is 0 Å². The molecule has 3 heterocycles. The molecule has 7 nitrogen and oxygen atoms in total. The smallest absolute Gasteiger partial charge is 0.266 e. The van der Waals surface area contributed by atoms with Crippen molar-refractivity contribution in [2.45, 2.75) is 6.92 Å². The van der Waals surface area contributed by atoms with Gasteiger partial charge in [-0.15, -0.1) is 12.4 Å². The van der Waals surface area contributed by atoms with Gasteiger partial charge in [0.1, 0.15) is 28.4 Å². The zero-order valence-electron chi connectivity index (χ0n) is 19.2. The molecule has 5 rings (SSSR count). The molecule has 36 heavy (non-hydrogen) atoms. The van der Waals surface area contributed by atoms with Crippen molar-refractivity contribution in [2.75, 3.05) is 44.3 Å². The van der Waals surface area contributed by atoms with E-state index in [1.807, 2.05) is 0 Å². The Morgan fingerprint density at radius 1 is 1.22 bits per heavy atom. The zero-order valence-corrected chi connectivity index (χ0v) is 21.6. The number of carbonyl (C=O) groups excluding carboxylic acids is 1. The first-order valence-corrected chi connectivity index (χ1v) is 12.2. The van der Waals surface area contributed by atoms with Gasteiger partial charge in [-0.1, -0.05) is 46.3 Å². The van der Waals surface area contributed by atoms with Gasteiger partial charge in [0, 0.05) is 37.8 Å². The van der Waals surface area contributed by atoms with Crippen LogP contribution < -0.4 is 4.90 Å². The monoisotopic (exact) mass is 554 g/mol. The Kier molecular flexibility index (Phi) is 8.21. The normalized spacial score (nSPS) is 14.1. The number of nitrogens with zero attached hydrogens (tertiary/aromatic N) is 4. The minimum absolute atomic E-state index is 0. The highest BCUT2D eigenvalue weighted by atomic mass is 35.5. The zero-order chi connectivity index (χ0) is 24.5. The number of morpholine rings is 1. The van der Waals surface area contributed by atoms with E-state index in [4.69, 9.17) is 20.9 Å². The predicted molar refractivity (Wildman–Crippen MR) is 137 cm³/mol. The number of ether oxygens (including phenoxy) is 1. The Balaban J connectivity index is 0.00000304. The molecule has 0 aliphatic carbocycles. The van der Waals surface area contributed by atoms with E-state index in [1.54, 1.807) is 31.2 Å². The summed E-state index contributed by atoms with van der Waals surface area (Å²) in [5, 5.41) is 4.78. The van der Waals surface area contributed by atoms with Crippen LogP contribution in [-0.4, -0.2) is 60.3 Å². The number of benzene rings is 2. The van der Waals surface area contributed by atoms with Gasteiger partial charge in [0.25, 0.3) is 5.91 Å². The lowest BCUT2D eigenvalue weighted by Crippen LogP contribution is -2.43. The maximum Gasteiger partial charge on any atom is 0.266 e. The van der Waals surface area contributed by atoms with Crippen molar-refractivity contribution in [3.8, 4) is 11.3 Å². The minimum atomic E-state index is -0.777. The van der Waals surface area contributed by atoms with Crippen LogP contribution in [0.5, 0.6) is 0 Å². The summed E-state index contributed by atoms with van der Waals surface area (Å²) in [5.41, 5.74) is 1.13. The Bertz CT molecular complexity index is 1390. The topological polar surface area (TPSA) is 71.7 Å². The molecule has 1 aliphatic rings. The van der Waals surface area contributed by atoms with Crippen molar-refractivity contribution in [3.63, 3.8) is 0 Å². The lowest BCUT2D eigenvalue weighted by molar-refractivity contribution is 0.0391. The maximum atomic E-state index is 14.4. The molecule has 4 aromatic rings. The van der Waals surface area contributed by atoms with Crippen molar-refractivity contribution in [1.29, 1.82) is 0 Å². The number of rotatable bonds is 6. The number of amides is 1. The van der Waals surface area contributed by atoms with E-state index in [9.17, 15) is 13.6 Å². The Hall–Kier alpha value is -2.63. The molecule has 0 N–H and O–H groups in total. The highest BCUT2D eigenvalue weighted by molar-refractivity contribution is 7.22. The van der Waals surface area contributed by atoms with Gasteiger partial charge in [-0.05, 0) is 19.1 Å². The number of carbonyl (C=O) groups is 1. The highest BCUT2D eigenvalue weighted by Crippen LogP contribution is 2.35. The van der Waals surface area contributed by atoms with Gasteiger partial charge in [-0.25, -0.2) is 13.8 Å². The Labute approximate surface area is 221 Å². The van der Waals surface area contributed by atoms with Gasteiger partial charge in [-0.2, -0.15) is 0 Å². The van der Waals surface area contributed by atoms with Crippen LogP contribution in [0.15, 0.2) is 40.9 Å². The molecule has 1 saturated heterocycles. The fourth-order valence-corrected chi connectivity index (χ4v) is 5.26. The van der Waals surface area contributed by atoms with E-state index in [0.717, 1.165) is 30.5 Å². The number of anilines is 1. The van der Waals surface area contributed by atoms with E-state index in [1.165, 1.54) is 11.0 Å². The number of halogens is 4. The van der Waals surface area contributed by atoms with Crippen LogP contribution in [0.3, 0.4) is 0 Å². The molecule has 0 unspecified atom stereocenters. The Morgan fingerprint density at radius 3 is 2.72 bits per heavy atom. The lowest BCUT2D eigenvalue weighted by Gasteiger charge is -2.29. The summed E-state index contributed by atoms with van der Waals surface area (Å²) in [6.45, 7) is 5.16. The van der Waals surface area contributed by atoms with Crippen molar-refractivity contribution in [1.82, 2.24) is 15.0 Å². The average Bonchev–Trinajstić information content (AvgIpc) is 3.44. The summed E-state index contributed by atoms with van der Waals surface area (Å²) in [6, 6.07) is 9.03. The second-order valence-electron chi connectivity index (χ2n) is 8.08. The van der Waals surface area contributed by atoms with E-state index in [0.29, 0.717) is 46.5 Å². The second-order valence-corrected chi connectivity index (χ2v) is 9.50. The predicted octanol–water partition coefficient (Wildman–Crippen LogP) is 5.59. The van der Waals surface area contributed by atoms with Gasteiger partial charge in [-0.3, -0.25) is 14.6 Å². The average molecular weight is 555 g/mol. The standard InChI is InChI=1S/C24H21ClF2N4O3S.ClH/c1-14-20(21(29-34-14)16-4-2-3-5-17(16)25)23(32)31(7-6-30-8-10-33-11-9-30)24-28-22-18(27)12-15(26)13-19(22)35-24;/h2-5,12-13H,6-11H2,1H3;1H. The first-order chi connectivity index (χ1) is 16.9. The molecule has 0 atom stereocenters. The van der Waals surface area contributed by atoms with Crippen LogP contribution in [0.4, 0.5) is 13.9 Å². The van der Waals surface area contributed by atoms with Gasteiger partial charge < -0.3 is 9.26 Å². The van der Waals surface area contributed by atoms with Crippen molar-refractivity contribution in [2.24, 2.45) is 0 Å². The Morgan fingerprint density at radius 2 is 1.97 bits per heavy atom. The van der Waals surface area contributed by atoms with Crippen molar-refractivity contribution in [3.05, 3.63) is 64.4 Å². The maximum absolute atomic E-state index is 14.4. The molecule has 12 heteroatoms. The molecule has 190 valence electrons. The number of hydrogen-bond acceptors (Lipinski definition) is 7. The molecule has 0 saturated carbocycles. The molecule has 2 aromatic carbocycles. The number of aromatic nitrogens is 2. The minimum Gasteiger partial charge on any atom is -0.379 e. The lowest BCUT2D eigenvalue weighted by atomic mass is 10.1. The first-order valence-electron chi connectivity index (χ1n) is 11.0. The van der Waals surface area contributed by atoms with E-state index in [-0.39, 0.29) is 35.2 Å². The van der Waals surface area contributed by atoms with Crippen LogP contribution in [-0.2, 0) is 4.74 Å². The number of thiazole rings is 1. The highest BCUT2D eigenvalue weighted by Gasteiger charge is 2.30. The molecular weight excluding hydrogens is 533 g/mol. The summed E-state index contributed by atoms with van der Waals surface area (Å²) >= 11 is 7.43. The fraction of sp³-hybridized carbons (Fsp3) is 0.292. The third-order valence-electron chi connectivity index (χ3n) is 5.83. The summed E-state index contributed by atoms with van der Waals surface area (Å²) in [7, 11) is 0. The van der Waals surface area contributed by atoms with Crippen LogP contribution in [0.2, 0.25) is 5.02 Å². The molecule has 1 amide bonds. The molecule has 1 aliphatic heterocycles. The molecule has 0 radical (unpaired) electrons. The molecule has 2 aromatic heterocycles. The van der Waals surface area contributed by atoms with Crippen molar-refractivity contribution < 1.29 is 22.8 Å². The molecule has 0 bridgehead atoms. The van der Waals surface area contributed by atoms with E-state index < -0.39 is 17.5 Å². The van der Waals surface area contributed by atoms with E-state index in [2.05, 4.69) is 15.0 Å². The fourth-order valence-electron chi connectivity index (χ4n) is 4.01. The van der Waals surface area contributed by atoms with Crippen LogP contribution >= 0.6 is 35.3 Å². The molecule has 0 spiro atoms. The first kappa shape index (κ1) is 26.4. The second kappa shape index (κ2) is 11.2. The summed E-state index contributed by atoms with van der Waals surface area (Å²) in [6.07, 6.45) is 0.